The minimum atomic E-state index is 0.201. The molecule has 0 aliphatic carbocycles. The molecule has 172 valence electrons. The second-order valence-corrected chi connectivity index (χ2v) is 9.59. The van der Waals surface area contributed by atoms with Crippen LogP contribution in [0.1, 0.15) is 42.9 Å². The minimum absolute atomic E-state index is 0.201. The number of hydrazine groups is 1. The molecular weight excluding hydrogens is 420 g/mol. The molecule has 1 fully saturated rings. The fraction of sp³-hybridized carbons (Fsp3) is 0.462. The first kappa shape index (κ1) is 23.1. The van der Waals surface area contributed by atoms with Crippen molar-refractivity contribution in [2.75, 3.05) is 45.8 Å². The third-order valence-corrected chi connectivity index (χ3v) is 7.07. The summed E-state index contributed by atoms with van der Waals surface area (Å²) in [6.07, 6.45) is 7.12. The molecule has 2 N–H and O–H groups in total. The average molecular weight is 455 g/mol. The molecule has 0 saturated carbocycles. The summed E-state index contributed by atoms with van der Waals surface area (Å²) in [6, 6.07) is 15.2. The van der Waals surface area contributed by atoms with Crippen LogP contribution < -0.4 is 15.6 Å². The van der Waals surface area contributed by atoms with E-state index in [1.807, 2.05) is 25.2 Å². The summed E-state index contributed by atoms with van der Waals surface area (Å²) in [5, 5.41) is 2.39. The van der Waals surface area contributed by atoms with Crippen LogP contribution in [0.25, 0.3) is 5.57 Å². The maximum Gasteiger partial charge on any atom is 0.119 e. The van der Waals surface area contributed by atoms with Crippen molar-refractivity contribution in [2.45, 2.75) is 37.8 Å². The molecule has 1 saturated heterocycles. The number of hydrogen-bond donors (Lipinski definition) is 1. The number of likely N-dealkylation sites (N-methyl/N-ethyl adjacent to an activating group) is 2. The highest BCUT2D eigenvalue weighted by Gasteiger charge is 2.23. The molecule has 5 nitrogen and oxygen atoms in total. The molecule has 6 heteroatoms. The zero-order valence-electron chi connectivity index (χ0n) is 19.4. The number of nitrogens with zero attached hydrogens (tertiary/aromatic N) is 3. The number of halogens is 1. The van der Waals surface area contributed by atoms with Gasteiger partial charge in [0, 0.05) is 30.2 Å². The normalized spacial score (nSPS) is 22.5. The van der Waals surface area contributed by atoms with Gasteiger partial charge in [-0.2, -0.15) is 0 Å². The predicted octanol–water partition coefficient (Wildman–Crippen LogP) is 4.97. The standard InChI is InChI=1S/C26H35ClN4O/c1-29-14-5-4-6-22(29)18-32-23-10-7-19(8-11-23)26-16-20(13-15-30(26)2)24-17-21(27)9-12-25(24)31(3)28/h7-12,16-17,22,26H,4-6,13-15,18,28H2,1-3H3. The smallest absolute Gasteiger partial charge is 0.119 e. The summed E-state index contributed by atoms with van der Waals surface area (Å²) in [4.78, 5) is 4.80. The molecule has 2 aromatic carbocycles. The maximum absolute atomic E-state index is 6.32. The number of anilines is 1. The SMILES string of the molecule is CN(N)c1ccc(Cl)cc1C1=CC(c2ccc(OCC3CCCCN3C)cc2)N(C)CC1. The first-order valence-electron chi connectivity index (χ1n) is 11.5. The molecule has 2 unspecified atom stereocenters. The monoisotopic (exact) mass is 454 g/mol. The van der Waals surface area contributed by atoms with E-state index in [-0.39, 0.29) is 6.04 Å². The molecular formula is C26H35ClN4O. The first-order valence-corrected chi connectivity index (χ1v) is 11.9. The van der Waals surface area contributed by atoms with Gasteiger partial charge in [0.15, 0.2) is 0 Å². The van der Waals surface area contributed by atoms with E-state index in [0.29, 0.717) is 6.04 Å². The first-order chi connectivity index (χ1) is 15.4. The van der Waals surface area contributed by atoms with Crippen LogP contribution in [0.2, 0.25) is 5.02 Å². The van der Waals surface area contributed by atoms with Crippen LogP contribution in [0.3, 0.4) is 0 Å². The Morgan fingerprint density at radius 3 is 2.56 bits per heavy atom. The van der Waals surface area contributed by atoms with Crippen molar-refractivity contribution in [2.24, 2.45) is 5.84 Å². The Morgan fingerprint density at radius 2 is 1.84 bits per heavy atom. The lowest BCUT2D eigenvalue weighted by Crippen LogP contribution is -2.40. The van der Waals surface area contributed by atoms with Gasteiger partial charge in [-0.05, 0) is 81.4 Å². The third-order valence-electron chi connectivity index (χ3n) is 6.84. The van der Waals surface area contributed by atoms with Crippen molar-refractivity contribution in [1.29, 1.82) is 0 Å². The molecule has 0 amide bonds. The number of piperidine rings is 1. The Morgan fingerprint density at radius 1 is 1.06 bits per heavy atom. The number of hydrogen-bond acceptors (Lipinski definition) is 5. The topological polar surface area (TPSA) is 45.0 Å². The van der Waals surface area contributed by atoms with Crippen molar-refractivity contribution < 1.29 is 4.74 Å². The van der Waals surface area contributed by atoms with E-state index in [4.69, 9.17) is 22.2 Å². The summed E-state index contributed by atoms with van der Waals surface area (Å²) in [6.45, 7) is 2.90. The molecule has 0 radical (unpaired) electrons. The van der Waals surface area contributed by atoms with Crippen molar-refractivity contribution >= 4 is 22.9 Å². The zero-order valence-corrected chi connectivity index (χ0v) is 20.2. The van der Waals surface area contributed by atoms with Crippen molar-refractivity contribution in [3.05, 3.63) is 64.7 Å². The predicted molar refractivity (Wildman–Crippen MR) is 134 cm³/mol. The van der Waals surface area contributed by atoms with Gasteiger partial charge < -0.3 is 14.6 Å². The second-order valence-electron chi connectivity index (χ2n) is 9.15. The van der Waals surface area contributed by atoms with E-state index in [1.54, 1.807) is 5.01 Å². The Labute approximate surface area is 197 Å². The van der Waals surface area contributed by atoms with Crippen LogP contribution in [-0.4, -0.2) is 56.7 Å². The van der Waals surface area contributed by atoms with Crippen molar-refractivity contribution in [3.8, 4) is 5.75 Å². The number of rotatable bonds is 6. The highest BCUT2D eigenvalue weighted by molar-refractivity contribution is 6.30. The molecule has 2 aromatic rings. The molecule has 2 heterocycles. The van der Waals surface area contributed by atoms with Gasteiger partial charge in [0.1, 0.15) is 12.4 Å². The van der Waals surface area contributed by atoms with E-state index >= 15 is 0 Å². The van der Waals surface area contributed by atoms with Crippen LogP contribution in [0.4, 0.5) is 5.69 Å². The highest BCUT2D eigenvalue weighted by atomic mass is 35.5. The van der Waals surface area contributed by atoms with E-state index < -0.39 is 0 Å². The Hall–Kier alpha value is -2.05. The van der Waals surface area contributed by atoms with Gasteiger partial charge >= 0.3 is 0 Å². The average Bonchev–Trinajstić information content (AvgIpc) is 2.79. The van der Waals surface area contributed by atoms with Gasteiger partial charge in [-0.1, -0.05) is 36.2 Å². The fourth-order valence-corrected chi connectivity index (χ4v) is 4.97. The zero-order chi connectivity index (χ0) is 22.7. The molecule has 2 atom stereocenters. The van der Waals surface area contributed by atoms with E-state index in [9.17, 15) is 0 Å². The number of nitrogens with two attached hydrogens (primary N) is 1. The van der Waals surface area contributed by atoms with Gasteiger partial charge in [-0.3, -0.25) is 4.90 Å². The lowest BCUT2D eigenvalue weighted by atomic mass is 9.91. The van der Waals surface area contributed by atoms with Crippen LogP contribution >= 0.6 is 11.6 Å². The molecule has 0 aromatic heterocycles. The van der Waals surface area contributed by atoms with E-state index in [1.165, 1.54) is 36.9 Å². The maximum atomic E-state index is 6.32. The number of ether oxygens (including phenoxy) is 1. The Bertz CT molecular complexity index is 943. The number of benzene rings is 2. The Balaban J connectivity index is 1.51. The van der Waals surface area contributed by atoms with Gasteiger partial charge in [0.2, 0.25) is 0 Å². The van der Waals surface area contributed by atoms with Gasteiger partial charge in [0.25, 0.3) is 0 Å². The molecule has 2 aliphatic heterocycles. The summed E-state index contributed by atoms with van der Waals surface area (Å²) in [5.74, 6) is 7.03. The lowest BCUT2D eigenvalue weighted by molar-refractivity contribution is 0.125. The van der Waals surface area contributed by atoms with Gasteiger partial charge in [-0.15, -0.1) is 0 Å². The van der Waals surface area contributed by atoms with E-state index in [2.05, 4.69) is 54.2 Å². The van der Waals surface area contributed by atoms with Crippen LogP contribution in [-0.2, 0) is 0 Å². The van der Waals surface area contributed by atoms with Crippen molar-refractivity contribution in [1.82, 2.24) is 9.80 Å². The fourth-order valence-electron chi connectivity index (χ4n) is 4.79. The molecule has 2 aliphatic rings. The molecule has 0 bridgehead atoms. The quantitative estimate of drug-likeness (QED) is 0.493. The second kappa shape index (κ2) is 10.3. The summed E-state index contributed by atoms with van der Waals surface area (Å²) in [7, 11) is 6.24. The molecule has 0 spiro atoms. The summed E-state index contributed by atoms with van der Waals surface area (Å²) in [5.41, 5.74) is 4.64. The summed E-state index contributed by atoms with van der Waals surface area (Å²) < 4.78 is 6.13. The van der Waals surface area contributed by atoms with E-state index in [0.717, 1.165) is 41.6 Å². The largest absolute Gasteiger partial charge is 0.492 e. The van der Waals surface area contributed by atoms with Gasteiger partial charge in [0.05, 0.1) is 11.7 Å². The lowest BCUT2D eigenvalue weighted by Gasteiger charge is -2.33. The third kappa shape index (κ3) is 5.29. The van der Waals surface area contributed by atoms with Gasteiger partial charge in [-0.25, -0.2) is 5.84 Å². The van der Waals surface area contributed by atoms with Crippen LogP contribution in [0, 0.1) is 0 Å². The van der Waals surface area contributed by atoms with Crippen LogP contribution in [0.15, 0.2) is 48.5 Å². The molecule has 32 heavy (non-hydrogen) atoms. The highest BCUT2D eigenvalue weighted by Crippen LogP contribution is 2.37. The molecule has 4 rings (SSSR count). The van der Waals surface area contributed by atoms with Crippen LogP contribution in [0.5, 0.6) is 5.75 Å². The number of likely N-dealkylation sites (tertiary alicyclic amines) is 1. The Kier molecular flexibility index (Phi) is 7.41. The summed E-state index contributed by atoms with van der Waals surface area (Å²) >= 11 is 6.32. The van der Waals surface area contributed by atoms with Crippen molar-refractivity contribution in [3.63, 3.8) is 0 Å². The minimum Gasteiger partial charge on any atom is -0.492 e.